The molecule has 1 unspecified atom stereocenters. The molecule has 0 saturated carbocycles. The van der Waals surface area contributed by atoms with Crippen molar-refractivity contribution in [1.29, 1.82) is 0 Å². The number of aromatic nitrogens is 3. The van der Waals surface area contributed by atoms with E-state index in [0.717, 1.165) is 11.1 Å². The molecule has 9 nitrogen and oxygen atoms in total. The first-order valence-electron chi connectivity index (χ1n) is 10.7. The van der Waals surface area contributed by atoms with Crippen molar-refractivity contribution in [2.45, 2.75) is 32.1 Å². The van der Waals surface area contributed by atoms with Crippen LogP contribution < -0.4 is 10.4 Å². The number of halogens is 4. The largest absolute Gasteiger partial charge is 0.462 e. The molecule has 1 atom stereocenters. The van der Waals surface area contributed by atoms with Crippen molar-refractivity contribution in [3.8, 4) is 11.5 Å². The highest BCUT2D eigenvalue weighted by atomic mass is 19.4. The average Bonchev–Trinajstić information content (AvgIpc) is 3.46. The minimum Gasteiger partial charge on any atom is -0.462 e. The number of alkyl halides is 3. The molecule has 0 spiro atoms. The summed E-state index contributed by atoms with van der Waals surface area (Å²) in [6.07, 6.45) is 0.848. The second-order valence-electron chi connectivity index (χ2n) is 7.76. The van der Waals surface area contributed by atoms with Crippen LogP contribution in [0.3, 0.4) is 0 Å². The van der Waals surface area contributed by atoms with Gasteiger partial charge in [0, 0.05) is 23.7 Å². The van der Waals surface area contributed by atoms with Crippen LogP contribution in [-0.4, -0.2) is 51.4 Å². The number of hydroxylamine groups is 1. The first kappa shape index (κ1) is 24.4. The lowest BCUT2D eigenvalue weighted by Crippen LogP contribution is -2.48. The standard InChI is InChI=1S/C22H23F4N7O2/c1-3-14(10-28-27-2)15-9-20(35-12-15)18-11-31(30-29-18)21-8-7-16-17(23)5-4-6-19(16)32(33(21)34)13-22(24,25)26/h3-6,9-12,21,27,34H,7-8,13H2,1-2H3/b14-3+,28-10-. The number of fused-ring (bicyclic) bond motifs is 1. The Bertz CT molecular complexity index is 1230. The van der Waals surface area contributed by atoms with E-state index in [2.05, 4.69) is 20.8 Å². The minimum absolute atomic E-state index is 0.0644. The Hall–Kier alpha value is -3.71. The number of hydrazine groups is 1. The van der Waals surface area contributed by atoms with Crippen LogP contribution in [0.25, 0.3) is 17.0 Å². The van der Waals surface area contributed by atoms with Gasteiger partial charge in [0.15, 0.2) is 5.76 Å². The topological polar surface area (TPSA) is 95.0 Å². The summed E-state index contributed by atoms with van der Waals surface area (Å²) >= 11 is 0. The second kappa shape index (κ2) is 9.88. The van der Waals surface area contributed by atoms with Crippen molar-refractivity contribution in [2.75, 3.05) is 18.6 Å². The van der Waals surface area contributed by atoms with Gasteiger partial charge in [0.25, 0.3) is 0 Å². The van der Waals surface area contributed by atoms with Crippen LogP contribution in [0, 0.1) is 5.82 Å². The first-order valence-corrected chi connectivity index (χ1v) is 10.7. The normalized spacial score (nSPS) is 17.6. The summed E-state index contributed by atoms with van der Waals surface area (Å²) in [6, 6.07) is 5.53. The van der Waals surface area contributed by atoms with Crippen molar-refractivity contribution >= 4 is 17.5 Å². The van der Waals surface area contributed by atoms with Crippen LogP contribution in [0.15, 0.2) is 52.3 Å². The number of nitrogens with zero attached hydrogens (tertiary/aromatic N) is 6. The first-order chi connectivity index (χ1) is 16.7. The maximum Gasteiger partial charge on any atom is 0.407 e. The molecule has 35 heavy (non-hydrogen) atoms. The highest BCUT2D eigenvalue weighted by Gasteiger charge is 2.39. The van der Waals surface area contributed by atoms with Gasteiger partial charge in [0.1, 0.15) is 24.2 Å². The number of furan rings is 1. The Morgan fingerprint density at radius 2 is 2.17 bits per heavy atom. The van der Waals surface area contributed by atoms with Crippen LogP contribution >= 0.6 is 0 Å². The van der Waals surface area contributed by atoms with Gasteiger partial charge in [-0.2, -0.15) is 18.3 Å². The number of hydrazone groups is 1. The molecule has 0 fully saturated rings. The number of hydrogen-bond donors (Lipinski definition) is 2. The summed E-state index contributed by atoms with van der Waals surface area (Å²) < 4.78 is 61.3. The van der Waals surface area contributed by atoms with E-state index in [1.54, 1.807) is 19.3 Å². The van der Waals surface area contributed by atoms with Crippen LogP contribution in [0.1, 0.15) is 30.6 Å². The second-order valence-corrected chi connectivity index (χ2v) is 7.76. The zero-order valence-corrected chi connectivity index (χ0v) is 18.9. The summed E-state index contributed by atoms with van der Waals surface area (Å²) in [6.45, 7) is 0.329. The molecule has 1 aliphatic heterocycles. The maximum atomic E-state index is 14.4. The summed E-state index contributed by atoms with van der Waals surface area (Å²) in [5.74, 6) is -0.282. The third kappa shape index (κ3) is 5.20. The Balaban J connectivity index is 1.64. The molecule has 13 heteroatoms. The van der Waals surface area contributed by atoms with Gasteiger partial charge in [-0.25, -0.2) is 9.07 Å². The molecule has 1 aliphatic rings. The molecule has 186 valence electrons. The third-order valence-electron chi connectivity index (χ3n) is 5.51. The number of nitrogens with one attached hydrogen (secondary N) is 1. The zero-order valence-electron chi connectivity index (χ0n) is 18.9. The molecule has 0 bridgehead atoms. The van der Waals surface area contributed by atoms with Crippen molar-refractivity contribution < 1.29 is 27.2 Å². The van der Waals surface area contributed by atoms with Crippen LogP contribution in [0.5, 0.6) is 0 Å². The fraction of sp³-hybridized carbons (Fsp3) is 0.318. The smallest absolute Gasteiger partial charge is 0.407 e. The molecule has 1 aromatic carbocycles. The molecule has 0 radical (unpaired) electrons. The number of hydrogen-bond acceptors (Lipinski definition) is 8. The highest BCUT2D eigenvalue weighted by molar-refractivity contribution is 6.09. The Labute approximate surface area is 197 Å². The zero-order chi connectivity index (χ0) is 25.2. The summed E-state index contributed by atoms with van der Waals surface area (Å²) in [5, 5.41) is 23.9. The summed E-state index contributed by atoms with van der Waals surface area (Å²) in [4.78, 5) is 0. The van der Waals surface area contributed by atoms with Gasteiger partial charge in [-0.1, -0.05) is 22.5 Å². The van der Waals surface area contributed by atoms with Gasteiger partial charge in [0.2, 0.25) is 0 Å². The molecular weight excluding hydrogens is 470 g/mol. The van der Waals surface area contributed by atoms with Gasteiger partial charge in [-0.15, -0.1) is 5.10 Å². The number of rotatable bonds is 6. The van der Waals surface area contributed by atoms with E-state index in [1.165, 1.54) is 35.3 Å². The molecule has 0 aliphatic carbocycles. The minimum atomic E-state index is -4.65. The maximum absolute atomic E-state index is 14.4. The lowest BCUT2D eigenvalue weighted by atomic mass is 10.1. The molecule has 0 saturated heterocycles. The molecule has 3 heterocycles. The van der Waals surface area contributed by atoms with E-state index in [1.807, 2.05) is 13.0 Å². The predicted molar refractivity (Wildman–Crippen MR) is 120 cm³/mol. The van der Waals surface area contributed by atoms with Gasteiger partial charge in [0.05, 0.1) is 24.4 Å². The Kier molecular flexibility index (Phi) is 6.89. The van der Waals surface area contributed by atoms with Gasteiger partial charge < -0.3 is 9.84 Å². The van der Waals surface area contributed by atoms with Crippen LogP contribution in [0.2, 0.25) is 0 Å². The van der Waals surface area contributed by atoms with Gasteiger partial charge in [-0.05, 0) is 38.0 Å². The molecule has 2 N–H and O–H groups in total. The average molecular weight is 493 g/mol. The Morgan fingerprint density at radius 1 is 1.37 bits per heavy atom. The van der Waals surface area contributed by atoms with Gasteiger partial charge >= 0.3 is 6.18 Å². The molecule has 4 rings (SSSR count). The lowest BCUT2D eigenvalue weighted by molar-refractivity contribution is -0.192. The van der Waals surface area contributed by atoms with Crippen LogP contribution in [0.4, 0.5) is 23.2 Å². The fourth-order valence-corrected chi connectivity index (χ4v) is 3.87. The van der Waals surface area contributed by atoms with Gasteiger partial charge in [-0.3, -0.25) is 10.2 Å². The molecule has 3 aromatic rings. The highest BCUT2D eigenvalue weighted by Crippen LogP contribution is 2.36. The Morgan fingerprint density at radius 3 is 2.89 bits per heavy atom. The molecule has 0 amide bonds. The van der Waals surface area contributed by atoms with Crippen LogP contribution in [-0.2, 0) is 6.42 Å². The summed E-state index contributed by atoms with van der Waals surface area (Å²) in [5.41, 5.74) is 4.51. The monoisotopic (exact) mass is 493 g/mol. The SMILES string of the molecule is C/C=C(\C=N/NC)c1coc(-c2cn(C3CCc4c(F)cccc4N(CC(F)(F)F)N3O)nn2)c1. The van der Waals surface area contributed by atoms with Crippen molar-refractivity contribution in [1.82, 2.24) is 25.6 Å². The van der Waals surface area contributed by atoms with E-state index >= 15 is 0 Å². The van der Waals surface area contributed by atoms with Crippen molar-refractivity contribution in [3.63, 3.8) is 0 Å². The quantitative estimate of drug-likeness (QED) is 0.299. The third-order valence-corrected chi connectivity index (χ3v) is 5.51. The van der Waals surface area contributed by atoms with E-state index in [0.29, 0.717) is 21.6 Å². The number of allylic oxidation sites excluding steroid dienone is 2. The summed E-state index contributed by atoms with van der Waals surface area (Å²) in [7, 11) is 1.67. The number of benzene rings is 1. The predicted octanol–water partition coefficient (Wildman–Crippen LogP) is 4.41. The van der Waals surface area contributed by atoms with Crippen molar-refractivity contribution in [2.24, 2.45) is 5.10 Å². The fourth-order valence-electron chi connectivity index (χ4n) is 3.87. The number of anilines is 1. The van der Waals surface area contributed by atoms with E-state index < -0.39 is 24.7 Å². The van der Waals surface area contributed by atoms with Crippen molar-refractivity contribution in [3.05, 3.63) is 59.7 Å². The van der Waals surface area contributed by atoms with E-state index in [-0.39, 0.29) is 24.1 Å². The molecular formula is C22H23F4N7O2. The lowest BCUT2D eigenvalue weighted by Gasteiger charge is -2.35. The molecule has 2 aromatic heterocycles. The van der Waals surface area contributed by atoms with E-state index in [4.69, 9.17) is 4.42 Å². The van der Waals surface area contributed by atoms with E-state index in [9.17, 15) is 22.8 Å².